The molecule has 7 nitrogen and oxygen atoms in total. The van der Waals surface area contributed by atoms with Crippen LogP contribution in [0.1, 0.15) is 30.6 Å². The average molecular weight is 420 g/mol. The molecule has 154 valence electrons. The number of amides is 1. The maximum atomic E-state index is 12.5. The number of anilines is 1. The zero-order chi connectivity index (χ0) is 20.8. The number of halogens is 1. The second-order valence-corrected chi connectivity index (χ2v) is 6.74. The van der Waals surface area contributed by atoms with Gasteiger partial charge in [-0.25, -0.2) is 4.79 Å². The number of benzene rings is 2. The van der Waals surface area contributed by atoms with Crippen LogP contribution in [-0.4, -0.2) is 37.8 Å². The number of carbonyl (C=O) groups is 2. The van der Waals surface area contributed by atoms with E-state index in [2.05, 4.69) is 5.32 Å². The lowest BCUT2D eigenvalue weighted by molar-refractivity contribution is -0.123. The molecule has 2 aromatic carbocycles. The molecule has 0 radical (unpaired) electrons. The Morgan fingerprint density at radius 2 is 1.90 bits per heavy atom. The molecule has 0 fully saturated rings. The summed E-state index contributed by atoms with van der Waals surface area (Å²) >= 11 is 6.20. The third-order valence-electron chi connectivity index (χ3n) is 4.12. The van der Waals surface area contributed by atoms with Crippen molar-refractivity contribution in [3.63, 3.8) is 0 Å². The third kappa shape index (κ3) is 5.32. The quantitative estimate of drug-likeness (QED) is 0.710. The Labute approximate surface area is 173 Å². The minimum atomic E-state index is -1.01. The number of nitrogens with one attached hydrogen (secondary N) is 1. The molecule has 1 aliphatic rings. The Balaban J connectivity index is 1.63. The second-order valence-electron chi connectivity index (χ2n) is 6.33. The van der Waals surface area contributed by atoms with Gasteiger partial charge < -0.3 is 24.3 Å². The van der Waals surface area contributed by atoms with E-state index in [-0.39, 0.29) is 10.6 Å². The van der Waals surface area contributed by atoms with Gasteiger partial charge in [-0.2, -0.15) is 0 Å². The fraction of sp³-hybridized carbons (Fsp3) is 0.333. The molecular weight excluding hydrogens is 398 g/mol. The molecule has 1 amide bonds. The molecule has 0 saturated carbocycles. The maximum Gasteiger partial charge on any atom is 0.339 e. The van der Waals surface area contributed by atoms with Gasteiger partial charge in [-0.3, -0.25) is 4.79 Å². The van der Waals surface area contributed by atoms with Crippen LogP contribution in [0.5, 0.6) is 17.2 Å². The van der Waals surface area contributed by atoms with E-state index >= 15 is 0 Å². The number of carbonyl (C=O) groups excluding carboxylic acids is 2. The average Bonchev–Trinajstić information content (AvgIpc) is 2.95. The summed E-state index contributed by atoms with van der Waals surface area (Å²) in [5.41, 5.74) is 0.750. The van der Waals surface area contributed by atoms with Crippen LogP contribution in [0.4, 0.5) is 5.69 Å². The van der Waals surface area contributed by atoms with Crippen LogP contribution in [0.25, 0.3) is 0 Å². The summed E-state index contributed by atoms with van der Waals surface area (Å²) in [5, 5.41) is 2.95. The van der Waals surface area contributed by atoms with Crippen molar-refractivity contribution in [3.8, 4) is 17.2 Å². The van der Waals surface area contributed by atoms with Gasteiger partial charge in [0.05, 0.1) is 30.4 Å². The maximum absolute atomic E-state index is 12.5. The minimum absolute atomic E-state index is 0.181. The van der Waals surface area contributed by atoms with Crippen LogP contribution in [0, 0.1) is 0 Å². The van der Waals surface area contributed by atoms with Gasteiger partial charge in [0.25, 0.3) is 5.91 Å². The number of hydrogen-bond donors (Lipinski definition) is 1. The summed E-state index contributed by atoms with van der Waals surface area (Å²) in [6.07, 6.45) is -0.295. The lowest BCUT2D eigenvalue weighted by atomic mass is 10.2. The monoisotopic (exact) mass is 419 g/mol. The molecule has 1 atom stereocenters. The first-order chi connectivity index (χ1) is 14.0. The molecule has 1 heterocycles. The van der Waals surface area contributed by atoms with Crippen LogP contribution in [0.3, 0.4) is 0 Å². The molecule has 2 aromatic rings. The summed E-state index contributed by atoms with van der Waals surface area (Å²) in [7, 11) is 0. The van der Waals surface area contributed by atoms with Gasteiger partial charge >= 0.3 is 5.97 Å². The highest BCUT2D eigenvalue weighted by Crippen LogP contribution is 2.38. The smallest absolute Gasteiger partial charge is 0.339 e. The summed E-state index contributed by atoms with van der Waals surface area (Å²) < 4.78 is 21.8. The van der Waals surface area contributed by atoms with E-state index in [1.165, 1.54) is 19.1 Å². The van der Waals surface area contributed by atoms with E-state index in [0.717, 1.165) is 0 Å². The Morgan fingerprint density at radius 1 is 1.17 bits per heavy atom. The van der Waals surface area contributed by atoms with Crippen molar-refractivity contribution in [2.24, 2.45) is 0 Å². The molecule has 0 aromatic heterocycles. The van der Waals surface area contributed by atoms with E-state index < -0.39 is 18.0 Å². The zero-order valence-corrected chi connectivity index (χ0v) is 17.0. The van der Waals surface area contributed by atoms with Crippen molar-refractivity contribution in [3.05, 3.63) is 47.0 Å². The van der Waals surface area contributed by atoms with E-state index in [0.29, 0.717) is 49.2 Å². The van der Waals surface area contributed by atoms with Gasteiger partial charge in [0.15, 0.2) is 17.6 Å². The SMILES string of the molecule is CCOc1ccc(NC(=O)[C@@H](C)OC(=O)c2cc(Cl)c3c(c2)OCCCO3)cc1. The topological polar surface area (TPSA) is 83.1 Å². The molecule has 1 aliphatic heterocycles. The molecule has 3 rings (SSSR count). The predicted molar refractivity (Wildman–Crippen MR) is 108 cm³/mol. The van der Waals surface area contributed by atoms with Crippen molar-refractivity contribution < 1.29 is 28.5 Å². The summed E-state index contributed by atoms with van der Waals surface area (Å²) in [5.74, 6) is 0.353. The highest BCUT2D eigenvalue weighted by molar-refractivity contribution is 6.32. The number of hydrogen-bond acceptors (Lipinski definition) is 6. The van der Waals surface area contributed by atoms with Gasteiger partial charge in [-0.05, 0) is 50.2 Å². The number of fused-ring (bicyclic) bond motifs is 1. The molecule has 1 N–H and O–H groups in total. The molecule has 0 spiro atoms. The van der Waals surface area contributed by atoms with E-state index in [4.69, 9.17) is 30.5 Å². The molecular formula is C21H22ClNO6. The van der Waals surface area contributed by atoms with Gasteiger partial charge in [-0.15, -0.1) is 0 Å². The van der Waals surface area contributed by atoms with Gasteiger partial charge in [0, 0.05) is 12.1 Å². The molecule has 29 heavy (non-hydrogen) atoms. The Bertz CT molecular complexity index is 883. The first-order valence-electron chi connectivity index (χ1n) is 9.31. The van der Waals surface area contributed by atoms with Gasteiger partial charge in [0.1, 0.15) is 5.75 Å². The van der Waals surface area contributed by atoms with Crippen molar-refractivity contribution in [1.82, 2.24) is 0 Å². The van der Waals surface area contributed by atoms with Crippen LogP contribution in [-0.2, 0) is 9.53 Å². The largest absolute Gasteiger partial charge is 0.494 e. The van der Waals surface area contributed by atoms with Gasteiger partial charge in [0.2, 0.25) is 0 Å². The molecule has 0 bridgehead atoms. The summed E-state index contributed by atoms with van der Waals surface area (Å²) in [6.45, 7) is 4.89. The minimum Gasteiger partial charge on any atom is -0.494 e. The molecule has 0 unspecified atom stereocenters. The standard InChI is InChI=1S/C21H22ClNO6/c1-3-26-16-7-5-15(6-8-16)23-20(24)13(2)29-21(25)14-11-17(22)19-18(12-14)27-9-4-10-28-19/h5-8,11-13H,3-4,9-10H2,1-2H3,(H,23,24)/t13-/m1/s1. The fourth-order valence-corrected chi connectivity index (χ4v) is 2.94. The van der Waals surface area contributed by atoms with Crippen LogP contribution in [0.2, 0.25) is 5.02 Å². The van der Waals surface area contributed by atoms with Crippen molar-refractivity contribution in [1.29, 1.82) is 0 Å². The number of ether oxygens (including phenoxy) is 4. The van der Waals surface area contributed by atoms with Crippen molar-refractivity contribution in [2.75, 3.05) is 25.1 Å². The van der Waals surface area contributed by atoms with E-state index in [1.54, 1.807) is 24.3 Å². The van der Waals surface area contributed by atoms with E-state index in [9.17, 15) is 9.59 Å². The lowest BCUT2D eigenvalue weighted by Gasteiger charge is -2.15. The van der Waals surface area contributed by atoms with Crippen LogP contribution >= 0.6 is 11.6 Å². The number of rotatable bonds is 6. The molecule has 8 heteroatoms. The van der Waals surface area contributed by atoms with Crippen molar-refractivity contribution in [2.45, 2.75) is 26.4 Å². The van der Waals surface area contributed by atoms with Crippen molar-refractivity contribution >= 4 is 29.2 Å². The normalized spacial score (nSPS) is 13.8. The molecule has 0 aliphatic carbocycles. The zero-order valence-electron chi connectivity index (χ0n) is 16.2. The highest BCUT2D eigenvalue weighted by atomic mass is 35.5. The summed E-state index contributed by atoms with van der Waals surface area (Å²) in [4.78, 5) is 24.8. The summed E-state index contributed by atoms with van der Waals surface area (Å²) in [6, 6.07) is 9.85. The Morgan fingerprint density at radius 3 is 2.62 bits per heavy atom. The van der Waals surface area contributed by atoms with Crippen LogP contribution < -0.4 is 19.5 Å². The molecule has 0 saturated heterocycles. The first kappa shape index (κ1) is 20.8. The van der Waals surface area contributed by atoms with Crippen LogP contribution in [0.15, 0.2) is 36.4 Å². The van der Waals surface area contributed by atoms with Gasteiger partial charge in [-0.1, -0.05) is 11.6 Å². The Kier molecular flexibility index (Phi) is 6.82. The highest BCUT2D eigenvalue weighted by Gasteiger charge is 2.23. The van der Waals surface area contributed by atoms with E-state index in [1.807, 2.05) is 6.92 Å². The lowest BCUT2D eigenvalue weighted by Crippen LogP contribution is -2.30. The third-order valence-corrected chi connectivity index (χ3v) is 4.40. The fourth-order valence-electron chi connectivity index (χ4n) is 2.68. The predicted octanol–water partition coefficient (Wildman–Crippen LogP) is 4.08. The number of esters is 1. The second kappa shape index (κ2) is 9.52. The Hall–Kier alpha value is -2.93. The first-order valence-corrected chi connectivity index (χ1v) is 9.69.